The molecule has 3 aromatic rings. The van der Waals surface area contributed by atoms with Gasteiger partial charge in [0.25, 0.3) is 5.91 Å². The zero-order chi connectivity index (χ0) is 28.7. The minimum Gasteiger partial charge on any atom is -0.465 e. The molecule has 3 N–H and O–H groups in total. The second-order valence-corrected chi connectivity index (χ2v) is 10.9. The third-order valence-corrected chi connectivity index (χ3v) is 6.88. The third kappa shape index (κ3) is 7.43. The fourth-order valence-electron chi connectivity index (χ4n) is 4.66. The zero-order valence-electron chi connectivity index (χ0n) is 23.2. The van der Waals surface area contributed by atoms with Crippen LogP contribution in [-0.4, -0.2) is 44.1 Å². The number of carbonyl (C=O) groups excluding carboxylic acids is 1. The van der Waals surface area contributed by atoms with Crippen molar-refractivity contribution in [2.24, 2.45) is 0 Å². The number of carboxylic acid groups (broad SMARTS) is 1. The molecule has 8 nitrogen and oxygen atoms in total. The van der Waals surface area contributed by atoms with E-state index >= 15 is 0 Å². The number of pyridine rings is 2. The Morgan fingerprint density at radius 1 is 1.12 bits per heavy atom. The van der Waals surface area contributed by atoms with Crippen LogP contribution in [0.3, 0.4) is 0 Å². The average Bonchev–Trinajstić information content (AvgIpc) is 3.45. The molecule has 0 bridgehead atoms. The number of carbonyl (C=O) groups is 2. The Bertz CT molecular complexity index is 1400. The Kier molecular flexibility index (Phi) is 9.14. The van der Waals surface area contributed by atoms with Crippen molar-refractivity contribution in [1.82, 2.24) is 20.2 Å². The summed E-state index contributed by atoms with van der Waals surface area (Å²) >= 11 is 0. The summed E-state index contributed by atoms with van der Waals surface area (Å²) in [6.45, 7) is 6.23. The maximum atomic E-state index is 13.6. The van der Waals surface area contributed by atoms with E-state index in [1.165, 1.54) is 22.6 Å². The second kappa shape index (κ2) is 12.7. The number of amides is 2. The van der Waals surface area contributed by atoms with Crippen molar-refractivity contribution in [3.05, 3.63) is 94.7 Å². The van der Waals surface area contributed by atoms with Crippen molar-refractivity contribution in [3.63, 3.8) is 0 Å². The van der Waals surface area contributed by atoms with Gasteiger partial charge in [0.15, 0.2) is 0 Å². The van der Waals surface area contributed by atoms with Gasteiger partial charge in [-0.1, -0.05) is 24.3 Å². The van der Waals surface area contributed by atoms with Crippen molar-refractivity contribution in [2.75, 3.05) is 11.9 Å². The first kappa shape index (κ1) is 28.7. The number of halogens is 1. The fourth-order valence-corrected chi connectivity index (χ4v) is 4.66. The second-order valence-electron chi connectivity index (χ2n) is 10.9. The lowest BCUT2D eigenvalue weighted by Crippen LogP contribution is -2.44. The van der Waals surface area contributed by atoms with E-state index in [-0.39, 0.29) is 24.8 Å². The Morgan fingerprint density at radius 2 is 1.95 bits per heavy atom. The number of allylic oxidation sites excluding steroid dienone is 2. The Labute approximate surface area is 234 Å². The van der Waals surface area contributed by atoms with Crippen LogP contribution in [0, 0.1) is 5.82 Å². The molecule has 2 aromatic heterocycles. The van der Waals surface area contributed by atoms with Crippen LogP contribution in [0.25, 0.3) is 5.57 Å². The summed E-state index contributed by atoms with van der Waals surface area (Å²) in [6.07, 6.45) is 6.39. The van der Waals surface area contributed by atoms with Crippen LogP contribution in [0.15, 0.2) is 60.8 Å². The lowest BCUT2D eigenvalue weighted by Gasteiger charge is -2.33. The van der Waals surface area contributed by atoms with E-state index in [0.717, 1.165) is 36.1 Å². The minimum atomic E-state index is -1.04. The Balaban J connectivity index is 1.50. The minimum absolute atomic E-state index is 0.100. The number of hydrogen-bond donors (Lipinski definition) is 3. The molecule has 1 aliphatic carbocycles. The molecule has 0 atom stereocenters. The Hall–Kier alpha value is -4.27. The first-order valence-corrected chi connectivity index (χ1v) is 13.5. The quantitative estimate of drug-likeness (QED) is 0.286. The van der Waals surface area contributed by atoms with E-state index in [4.69, 9.17) is 4.98 Å². The van der Waals surface area contributed by atoms with Gasteiger partial charge in [0.1, 0.15) is 11.6 Å². The van der Waals surface area contributed by atoms with Crippen LogP contribution in [0.4, 0.5) is 15.0 Å². The number of hydrogen-bond acceptors (Lipinski definition) is 5. The normalized spacial score (nSPS) is 13.1. The highest BCUT2D eigenvalue weighted by Crippen LogP contribution is 2.28. The summed E-state index contributed by atoms with van der Waals surface area (Å²) in [5.74, 6) is -0.126. The van der Waals surface area contributed by atoms with Gasteiger partial charge in [-0.25, -0.2) is 14.2 Å². The van der Waals surface area contributed by atoms with Crippen LogP contribution in [-0.2, 0) is 19.5 Å². The van der Waals surface area contributed by atoms with Gasteiger partial charge in [-0.2, -0.15) is 0 Å². The van der Waals surface area contributed by atoms with Crippen LogP contribution in [0.1, 0.15) is 72.9 Å². The van der Waals surface area contributed by atoms with Gasteiger partial charge in [0, 0.05) is 24.8 Å². The first-order chi connectivity index (χ1) is 19.1. The molecule has 9 heteroatoms. The topological polar surface area (TPSA) is 107 Å². The molecular weight excluding hydrogens is 509 g/mol. The maximum Gasteiger partial charge on any atom is 0.408 e. The molecule has 0 fully saturated rings. The van der Waals surface area contributed by atoms with Crippen molar-refractivity contribution in [3.8, 4) is 0 Å². The molecule has 0 saturated heterocycles. The van der Waals surface area contributed by atoms with Crippen LogP contribution in [0.2, 0.25) is 0 Å². The maximum absolute atomic E-state index is 13.6. The summed E-state index contributed by atoms with van der Waals surface area (Å²) in [4.78, 5) is 35.7. The van der Waals surface area contributed by atoms with Crippen LogP contribution >= 0.6 is 0 Å². The number of nitrogens with zero attached hydrogens (tertiary/aromatic N) is 3. The molecule has 0 radical (unpaired) electrons. The standard InChI is InChI=1S/C31H36FN5O3/c1-31(2,3)37(30(39)40)20-27-23(11-7-16-33-27)19-35-29(38)25-13-14-26(22-9-4-5-10-22)36-28(25)34-17-15-21-8-6-12-24(32)18-21/h6-9,11-14,16,18H,4-5,10,15,17,19-20H2,1-3H3,(H,34,36)(H,35,38)(H,39,40). The van der Waals surface area contributed by atoms with Crippen LogP contribution in [0.5, 0.6) is 0 Å². The monoisotopic (exact) mass is 545 g/mol. The largest absolute Gasteiger partial charge is 0.465 e. The van der Waals surface area contributed by atoms with E-state index in [0.29, 0.717) is 30.0 Å². The van der Waals surface area contributed by atoms with Gasteiger partial charge in [0.05, 0.1) is 23.5 Å². The summed E-state index contributed by atoms with van der Waals surface area (Å²) in [7, 11) is 0. The summed E-state index contributed by atoms with van der Waals surface area (Å²) in [6, 6.07) is 13.7. The molecule has 210 valence electrons. The molecule has 2 amide bonds. The fraction of sp³-hybridized carbons (Fsp3) is 0.355. The van der Waals surface area contributed by atoms with Crippen molar-refractivity contribution >= 4 is 23.4 Å². The molecule has 1 aliphatic rings. The molecule has 0 spiro atoms. The lowest BCUT2D eigenvalue weighted by molar-refractivity contribution is 0.0927. The predicted octanol–water partition coefficient (Wildman–Crippen LogP) is 6.05. The molecule has 0 saturated carbocycles. The number of rotatable bonds is 10. The highest BCUT2D eigenvalue weighted by atomic mass is 19.1. The summed E-state index contributed by atoms with van der Waals surface area (Å²) < 4.78 is 13.6. The molecule has 0 aliphatic heterocycles. The van der Waals surface area contributed by atoms with E-state index in [1.807, 2.05) is 39.0 Å². The van der Waals surface area contributed by atoms with Gasteiger partial charge in [0.2, 0.25) is 0 Å². The molecule has 4 rings (SSSR count). The van der Waals surface area contributed by atoms with Gasteiger partial charge in [-0.15, -0.1) is 0 Å². The highest BCUT2D eigenvalue weighted by molar-refractivity contribution is 5.99. The molecule has 2 heterocycles. The highest BCUT2D eigenvalue weighted by Gasteiger charge is 2.27. The van der Waals surface area contributed by atoms with E-state index in [2.05, 4.69) is 21.7 Å². The van der Waals surface area contributed by atoms with Crippen molar-refractivity contribution < 1.29 is 19.1 Å². The van der Waals surface area contributed by atoms with E-state index in [1.54, 1.807) is 24.4 Å². The molecule has 1 aromatic carbocycles. The van der Waals surface area contributed by atoms with Gasteiger partial charge in [-0.05, 0) is 93.5 Å². The number of anilines is 1. The number of benzene rings is 1. The predicted molar refractivity (Wildman–Crippen MR) is 153 cm³/mol. The number of aromatic nitrogens is 2. The molecule has 40 heavy (non-hydrogen) atoms. The summed E-state index contributed by atoms with van der Waals surface area (Å²) in [5.41, 5.74) is 3.95. The molecule has 0 unspecified atom stereocenters. The van der Waals surface area contributed by atoms with Gasteiger partial charge < -0.3 is 15.7 Å². The SMILES string of the molecule is CC(C)(C)N(Cc1ncccc1CNC(=O)c1ccc(C2=CCCC2)nc1NCCc1cccc(F)c1)C(=O)O. The van der Waals surface area contributed by atoms with Crippen LogP contribution < -0.4 is 10.6 Å². The average molecular weight is 546 g/mol. The molecular formula is C31H36FN5O3. The van der Waals surface area contributed by atoms with Crippen molar-refractivity contribution in [2.45, 2.75) is 65.1 Å². The first-order valence-electron chi connectivity index (χ1n) is 13.5. The third-order valence-electron chi connectivity index (χ3n) is 6.88. The Morgan fingerprint density at radius 3 is 2.65 bits per heavy atom. The lowest BCUT2D eigenvalue weighted by atomic mass is 10.1. The van der Waals surface area contributed by atoms with Gasteiger partial charge in [-0.3, -0.25) is 14.7 Å². The van der Waals surface area contributed by atoms with Gasteiger partial charge >= 0.3 is 6.09 Å². The van der Waals surface area contributed by atoms with Crippen molar-refractivity contribution in [1.29, 1.82) is 0 Å². The van der Waals surface area contributed by atoms with E-state index in [9.17, 15) is 19.1 Å². The summed E-state index contributed by atoms with van der Waals surface area (Å²) in [5, 5.41) is 15.9. The van der Waals surface area contributed by atoms with E-state index < -0.39 is 11.6 Å². The smallest absolute Gasteiger partial charge is 0.408 e. The number of nitrogens with one attached hydrogen (secondary N) is 2. The zero-order valence-corrected chi connectivity index (χ0v) is 23.2.